The molecular formula is C31H42N6O2. The molecule has 8 heteroatoms. The molecule has 2 aromatic rings. The number of anilines is 3. The minimum absolute atomic E-state index is 0.0639. The minimum Gasteiger partial charge on any atom is -0.364 e. The van der Waals surface area contributed by atoms with E-state index in [4.69, 9.17) is 10.7 Å². The number of amides is 1. The number of nitrogens with zero attached hydrogens (tertiary/aromatic N) is 4. The molecule has 2 saturated heterocycles. The van der Waals surface area contributed by atoms with Crippen molar-refractivity contribution in [1.29, 1.82) is 0 Å². The number of ketones is 1. The van der Waals surface area contributed by atoms with Crippen LogP contribution in [0.2, 0.25) is 0 Å². The van der Waals surface area contributed by atoms with Gasteiger partial charge >= 0.3 is 0 Å². The van der Waals surface area contributed by atoms with Crippen LogP contribution in [0, 0.1) is 5.92 Å². The molecule has 0 radical (unpaired) electrons. The van der Waals surface area contributed by atoms with Crippen molar-refractivity contribution >= 4 is 29.0 Å². The van der Waals surface area contributed by atoms with Gasteiger partial charge in [0.05, 0.1) is 6.20 Å². The highest BCUT2D eigenvalue weighted by atomic mass is 16.1. The van der Waals surface area contributed by atoms with Crippen molar-refractivity contribution in [1.82, 2.24) is 14.9 Å². The third-order valence-electron chi connectivity index (χ3n) is 9.14. The number of aromatic nitrogens is 2. The van der Waals surface area contributed by atoms with Gasteiger partial charge in [0.2, 0.25) is 0 Å². The summed E-state index contributed by atoms with van der Waals surface area (Å²) in [6, 6.07) is 9.41. The largest absolute Gasteiger partial charge is 0.364 e. The molecule has 0 bridgehead atoms. The van der Waals surface area contributed by atoms with Gasteiger partial charge in [-0.25, -0.2) is 9.97 Å². The molecule has 2 aliphatic heterocycles. The monoisotopic (exact) mass is 530 g/mol. The summed E-state index contributed by atoms with van der Waals surface area (Å²) in [5.41, 5.74) is 7.97. The highest BCUT2D eigenvalue weighted by Crippen LogP contribution is 2.34. The zero-order valence-electron chi connectivity index (χ0n) is 23.1. The van der Waals surface area contributed by atoms with Crippen molar-refractivity contribution < 1.29 is 9.59 Å². The Morgan fingerprint density at radius 3 is 2.44 bits per heavy atom. The topological polar surface area (TPSA) is 104 Å². The van der Waals surface area contributed by atoms with Crippen LogP contribution in [0.5, 0.6) is 0 Å². The fourth-order valence-electron chi connectivity index (χ4n) is 6.79. The van der Waals surface area contributed by atoms with Crippen molar-refractivity contribution in [3.05, 3.63) is 54.4 Å². The molecule has 3 aliphatic rings. The Morgan fingerprint density at radius 1 is 1.05 bits per heavy atom. The number of primary amides is 1. The number of nitrogens with two attached hydrogens (primary N) is 1. The van der Waals surface area contributed by atoms with E-state index in [1.54, 1.807) is 6.20 Å². The van der Waals surface area contributed by atoms with Crippen LogP contribution >= 0.6 is 0 Å². The highest BCUT2D eigenvalue weighted by molar-refractivity contribution is 5.96. The van der Waals surface area contributed by atoms with Crippen LogP contribution in [0.1, 0.15) is 86.7 Å². The number of likely N-dealkylation sites (tertiary alicyclic amines) is 1. The lowest BCUT2D eigenvalue weighted by molar-refractivity contribution is -0.115. The second kappa shape index (κ2) is 12.3. The van der Waals surface area contributed by atoms with E-state index in [1.807, 2.05) is 0 Å². The lowest BCUT2D eigenvalue weighted by atomic mass is 9.86. The molecule has 208 valence electrons. The van der Waals surface area contributed by atoms with Crippen molar-refractivity contribution in [2.45, 2.75) is 82.7 Å². The van der Waals surface area contributed by atoms with E-state index in [0.29, 0.717) is 24.0 Å². The second-order valence-electron chi connectivity index (χ2n) is 11.5. The number of hydrogen-bond acceptors (Lipinski definition) is 7. The summed E-state index contributed by atoms with van der Waals surface area (Å²) >= 11 is 0. The van der Waals surface area contributed by atoms with Gasteiger partial charge in [-0.15, -0.1) is 0 Å². The Kier molecular flexibility index (Phi) is 8.60. The number of nitrogens with one attached hydrogen (secondary N) is 1. The number of piperidine rings is 2. The molecule has 1 saturated carbocycles. The lowest BCUT2D eigenvalue weighted by Crippen LogP contribution is -2.44. The van der Waals surface area contributed by atoms with Crippen molar-refractivity contribution in [2.75, 3.05) is 29.9 Å². The Bertz CT molecular complexity index is 1170. The van der Waals surface area contributed by atoms with E-state index in [0.717, 1.165) is 31.1 Å². The quantitative estimate of drug-likeness (QED) is 0.430. The third-order valence-corrected chi connectivity index (χ3v) is 9.14. The standard InChI is InChI=1S/C31H42N6O2/c1-3-27(38)19-24-7-6-16-37(21(24)2)28-20-33-29(30(32)39)31(35-28)34-25-12-10-22(11-13-25)23-14-17-36(18-15-23)26-8-4-5-9-26/h3,10-13,20-21,23-24,26H,1,4-9,14-19H2,2H3,(H2,32,39)(H,34,35)/t21-,24+/m1/s1. The number of benzene rings is 1. The molecule has 1 aromatic carbocycles. The van der Waals surface area contributed by atoms with Gasteiger partial charge in [0.1, 0.15) is 5.82 Å². The van der Waals surface area contributed by atoms with Crippen LogP contribution in [-0.4, -0.2) is 58.3 Å². The van der Waals surface area contributed by atoms with Crippen LogP contribution in [0.3, 0.4) is 0 Å². The molecule has 2 atom stereocenters. The van der Waals surface area contributed by atoms with Crippen molar-refractivity contribution in [3.63, 3.8) is 0 Å². The highest BCUT2D eigenvalue weighted by Gasteiger charge is 2.31. The Labute approximate surface area is 232 Å². The predicted octanol–water partition coefficient (Wildman–Crippen LogP) is 5.19. The van der Waals surface area contributed by atoms with E-state index >= 15 is 0 Å². The Balaban J connectivity index is 1.27. The molecule has 8 nitrogen and oxygen atoms in total. The van der Waals surface area contributed by atoms with Gasteiger partial charge in [0.15, 0.2) is 17.3 Å². The van der Waals surface area contributed by atoms with E-state index in [1.165, 1.54) is 63.3 Å². The number of carbonyl (C=O) groups is 2. The average Bonchev–Trinajstić information content (AvgIpc) is 3.50. The fourth-order valence-corrected chi connectivity index (χ4v) is 6.79. The Hall–Kier alpha value is -3.26. The number of rotatable bonds is 9. The van der Waals surface area contributed by atoms with Crippen LogP contribution in [0.25, 0.3) is 0 Å². The molecule has 3 fully saturated rings. The molecule has 0 spiro atoms. The molecule has 1 aliphatic carbocycles. The minimum atomic E-state index is -0.622. The smallest absolute Gasteiger partial charge is 0.271 e. The van der Waals surface area contributed by atoms with Crippen LogP contribution in [0.4, 0.5) is 17.3 Å². The lowest BCUT2D eigenvalue weighted by Gasteiger charge is -2.40. The molecule has 39 heavy (non-hydrogen) atoms. The first-order chi connectivity index (χ1) is 18.9. The second-order valence-corrected chi connectivity index (χ2v) is 11.5. The summed E-state index contributed by atoms with van der Waals surface area (Å²) in [7, 11) is 0. The molecule has 0 unspecified atom stereocenters. The first-order valence-corrected chi connectivity index (χ1v) is 14.6. The first-order valence-electron chi connectivity index (χ1n) is 14.6. The van der Waals surface area contributed by atoms with E-state index in [-0.39, 0.29) is 23.4 Å². The van der Waals surface area contributed by atoms with E-state index in [9.17, 15) is 9.59 Å². The summed E-state index contributed by atoms with van der Waals surface area (Å²) in [6.45, 7) is 8.94. The SMILES string of the molecule is C=CC(=O)C[C@@H]1CCCN(c2cnc(C(N)=O)c(Nc3ccc(C4CCN(C5CCCC5)CC4)cc3)n2)[C@@H]1C. The summed E-state index contributed by atoms with van der Waals surface area (Å²) in [6.07, 6.45) is 13.4. The zero-order valence-corrected chi connectivity index (χ0v) is 23.1. The summed E-state index contributed by atoms with van der Waals surface area (Å²) in [5, 5.41) is 3.30. The van der Waals surface area contributed by atoms with Crippen molar-refractivity contribution in [3.8, 4) is 0 Å². The van der Waals surface area contributed by atoms with E-state index < -0.39 is 5.91 Å². The third kappa shape index (κ3) is 6.32. The van der Waals surface area contributed by atoms with Gasteiger partial charge < -0.3 is 20.9 Å². The zero-order chi connectivity index (χ0) is 27.4. The molecule has 1 aromatic heterocycles. The number of allylic oxidation sites excluding steroid dienone is 1. The van der Waals surface area contributed by atoms with Gasteiger partial charge in [-0.3, -0.25) is 9.59 Å². The van der Waals surface area contributed by atoms with Gasteiger partial charge in [0, 0.05) is 30.7 Å². The summed E-state index contributed by atoms with van der Waals surface area (Å²) < 4.78 is 0. The Morgan fingerprint density at radius 2 is 1.77 bits per heavy atom. The molecule has 3 heterocycles. The van der Waals surface area contributed by atoms with Gasteiger partial charge in [-0.1, -0.05) is 31.6 Å². The first kappa shape index (κ1) is 27.3. The summed E-state index contributed by atoms with van der Waals surface area (Å²) in [4.78, 5) is 38.2. The molecule has 3 N–H and O–H groups in total. The number of carbonyl (C=O) groups excluding carboxylic acids is 2. The maximum Gasteiger partial charge on any atom is 0.271 e. The maximum absolute atomic E-state index is 12.2. The maximum atomic E-state index is 12.2. The van der Waals surface area contributed by atoms with Gasteiger partial charge in [0.25, 0.3) is 5.91 Å². The number of hydrogen-bond donors (Lipinski definition) is 2. The van der Waals surface area contributed by atoms with Crippen LogP contribution < -0.4 is 16.0 Å². The van der Waals surface area contributed by atoms with Gasteiger partial charge in [-0.05, 0) is 94.1 Å². The fraction of sp³-hybridized carbons (Fsp3) is 0.548. The molecular weight excluding hydrogens is 488 g/mol. The van der Waals surface area contributed by atoms with Crippen LogP contribution in [-0.2, 0) is 4.79 Å². The van der Waals surface area contributed by atoms with E-state index in [2.05, 4.69) is 57.9 Å². The summed E-state index contributed by atoms with van der Waals surface area (Å²) in [5.74, 6) is 1.28. The average molecular weight is 531 g/mol. The molecule has 1 amide bonds. The van der Waals surface area contributed by atoms with Gasteiger partial charge in [-0.2, -0.15) is 0 Å². The predicted molar refractivity (Wildman–Crippen MR) is 155 cm³/mol. The van der Waals surface area contributed by atoms with Crippen LogP contribution in [0.15, 0.2) is 43.1 Å². The molecule has 5 rings (SSSR count). The van der Waals surface area contributed by atoms with Crippen molar-refractivity contribution in [2.24, 2.45) is 11.7 Å². The normalized spacial score (nSPS) is 23.1.